The van der Waals surface area contributed by atoms with Gasteiger partial charge in [0, 0.05) is 12.6 Å². The van der Waals surface area contributed by atoms with E-state index in [0.29, 0.717) is 6.04 Å². The number of ether oxygens (including phenoxy) is 1. The molecular weight excluding hydrogens is 372 g/mol. The number of halogens is 2. The molecule has 1 aromatic carbocycles. The molecule has 102 valence electrons. The topological polar surface area (TPSA) is 45.0 Å². The van der Waals surface area contributed by atoms with E-state index in [1.807, 2.05) is 12.1 Å². The Morgan fingerprint density at radius 2 is 2.05 bits per heavy atom. The molecule has 1 fully saturated rings. The summed E-state index contributed by atoms with van der Waals surface area (Å²) >= 11 is 7.00. The minimum Gasteiger partial charge on any atom is -0.494 e. The van der Waals surface area contributed by atoms with Crippen LogP contribution >= 0.6 is 31.9 Å². The van der Waals surface area contributed by atoms with E-state index in [4.69, 9.17) is 10.00 Å². The summed E-state index contributed by atoms with van der Waals surface area (Å²) in [6.07, 6.45) is 3.26. The first kappa shape index (κ1) is 14.8. The van der Waals surface area contributed by atoms with Gasteiger partial charge in [0.2, 0.25) is 0 Å². The van der Waals surface area contributed by atoms with Gasteiger partial charge in [0.15, 0.2) is 0 Å². The fourth-order valence-electron chi connectivity index (χ4n) is 2.52. The molecule has 1 aliphatic carbocycles. The Morgan fingerprint density at radius 3 is 2.63 bits per heavy atom. The molecule has 2 rings (SSSR count). The summed E-state index contributed by atoms with van der Waals surface area (Å²) in [6, 6.07) is 6.81. The van der Waals surface area contributed by atoms with Gasteiger partial charge in [0.05, 0.1) is 28.0 Å². The van der Waals surface area contributed by atoms with Crippen molar-refractivity contribution in [1.29, 1.82) is 5.26 Å². The third-order valence-corrected chi connectivity index (χ3v) is 4.69. The standard InChI is InChI=1S/C14H16Br2N2O/c1-19-14-11(15)5-9(6-12(14)16)8-18-13-4-2-3-10(13)7-17/h5-6,10,13,18H,2-4,8H2,1H3. The van der Waals surface area contributed by atoms with Crippen LogP contribution < -0.4 is 10.1 Å². The van der Waals surface area contributed by atoms with Gasteiger partial charge >= 0.3 is 0 Å². The monoisotopic (exact) mass is 386 g/mol. The van der Waals surface area contributed by atoms with Gasteiger partial charge in [-0.1, -0.05) is 6.42 Å². The molecule has 0 aliphatic heterocycles. The zero-order valence-electron chi connectivity index (χ0n) is 10.7. The number of rotatable bonds is 4. The van der Waals surface area contributed by atoms with Gasteiger partial charge in [-0.15, -0.1) is 0 Å². The number of nitrogens with zero attached hydrogens (tertiary/aromatic N) is 1. The highest BCUT2D eigenvalue weighted by atomic mass is 79.9. The van der Waals surface area contributed by atoms with Gasteiger partial charge < -0.3 is 10.1 Å². The van der Waals surface area contributed by atoms with Crippen LogP contribution in [0.15, 0.2) is 21.1 Å². The van der Waals surface area contributed by atoms with Crippen molar-refractivity contribution in [1.82, 2.24) is 5.32 Å². The number of hydrogen-bond acceptors (Lipinski definition) is 3. The Morgan fingerprint density at radius 1 is 1.37 bits per heavy atom. The van der Waals surface area contributed by atoms with Crippen molar-refractivity contribution in [2.75, 3.05) is 7.11 Å². The first-order valence-corrected chi connectivity index (χ1v) is 7.89. The van der Waals surface area contributed by atoms with E-state index in [0.717, 1.165) is 40.5 Å². The van der Waals surface area contributed by atoms with Crippen LogP contribution in [0.5, 0.6) is 5.75 Å². The predicted molar refractivity (Wildman–Crippen MR) is 82.0 cm³/mol. The molecule has 1 N–H and O–H groups in total. The lowest BCUT2D eigenvalue weighted by Crippen LogP contribution is -2.31. The van der Waals surface area contributed by atoms with Crippen LogP contribution in [-0.2, 0) is 6.54 Å². The number of benzene rings is 1. The Bertz CT molecular complexity index is 476. The van der Waals surface area contributed by atoms with Gasteiger partial charge in [0.25, 0.3) is 0 Å². The second-order valence-electron chi connectivity index (χ2n) is 4.75. The van der Waals surface area contributed by atoms with Gasteiger partial charge in [-0.2, -0.15) is 5.26 Å². The van der Waals surface area contributed by atoms with Gasteiger partial charge in [-0.3, -0.25) is 0 Å². The van der Waals surface area contributed by atoms with E-state index in [2.05, 4.69) is 43.2 Å². The molecule has 3 nitrogen and oxygen atoms in total. The van der Waals surface area contributed by atoms with Crippen molar-refractivity contribution in [3.63, 3.8) is 0 Å². The van der Waals surface area contributed by atoms with Crippen LogP contribution in [0.2, 0.25) is 0 Å². The van der Waals surface area contributed by atoms with Crippen LogP contribution in [-0.4, -0.2) is 13.2 Å². The summed E-state index contributed by atoms with van der Waals surface area (Å²) < 4.78 is 7.16. The largest absolute Gasteiger partial charge is 0.494 e. The van der Waals surface area contributed by atoms with E-state index in [-0.39, 0.29) is 5.92 Å². The van der Waals surface area contributed by atoms with Gasteiger partial charge in [0.1, 0.15) is 5.75 Å². The lowest BCUT2D eigenvalue weighted by atomic mass is 10.1. The Labute approximate surface area is 130 Å². The summed E-state index contributed by atoms with van der Waals surface area (Å²) in [4.78, 5) is 0. The van der Waals surface area contributed by atoms with E-state index in [9.17, 15) is 0 Å². The molecule has 5 heteroatoms. The fraction of sp³-hybridized carbons (Fsp3) is 0.500. The van der Waals surface area contributed by atoms with Crippen LogP contribution in [0, 0.1) is 17.2 Å². The summed E-state index contributed by atoms with van der Waals surface area (Å²) in [5.41, 5.74) is 1.17. The quantitative estimate of drug-likeness (QED) is 0.848. The molecule has 0 aromatic heterocycles. The van der Waals surface area contributed by atoms with E-state index < -0.39 is 0 Å². The highest BCUT2D eigenvalue weighted by molar-refractivity contribution is 9.11. The number of methoxy groups -OCH3 is 1. The van der Waals surface area contributed by atoms with Crippen molar-refractivity contribution >= 4 is 31.9 Å². The van der Waals surface area contributed by atoms with Crippen LogP contribution in [0.25, 0.3) is 0 Å². The fourth-order valence-corrected chi connectivity index (χ4v) is 4.12. The maximum atomic E-state index is 9.07. The SMILES string of the molecule is COc1c(Br)cc(CNC2CCCC2C#N)cc1Br. The Balaban J connectivity index is 2.02. The van der Waals surface area contributed by atoms with E-state index >= 15 is 0 Å². The average Bonchev–Trinajstić information content (AvgIpc) is 2.83. The molecule has 0 spiro atoms. The molecule has 19 heavy (non-hydrogen) atoms. The third kappa shape index (κ3) is 3.50. The second kappa shape index (κ2) is 6.74. The number of hydrogen-bond donors (Lipinski definition) is 1. The minimum absolute atomic E-state index is 0.158. The van der Waals surface area contributed by atoms with Gasteiger partial charge in [-0.25, -0.2) is 0 Å². The van der Waals surface area contributed by atoms with Crippen molar-refractivity contribution in [2.24, 2.45) is 5.92 Å². The Hall–Kier alpha value is -0.570. The van der Waals surface area contributed by atoms with Crippen molar-refractivity contribution in [3.05, 3.63) is 26.6 Å². The maximum Gasteiger partial charge on any atom is 0.147 e. The zero-order chi connectivity index (χ0) is 13.8. The lowest BCUT2D eigenvalue weighted by molar-refractivity contribution is 0.409. The second-order valence-corrected chi connectivity index (χ2v) is 6.46. The van der Waals surface area contributed by atoms with Crippen molar-refractivity contribution in [3.8, 4) is 11.8 Å². The highest BCUT2D eigenvalue weighted by Gasteiger charge is 2.26. The maximum absolute atomic E-state index is 9.07. The summed E-state index contributed by atoms with van der Waals surface area (Å²) in [7, 11) is 1.65. The molecule has 2 atom stereocenters. The van der Waals surface area contributed by atoms with E-state index in [1.54, 1.807) is 7.11 Å². The smallest absolute Gasteiger partial charge is 0.147 e. The average molecular weight is 388 g/mol. The molecule has 0 heterocycles. The molecule has 0 saturated heterocycles. The normalized spacial score (nSPS) is 22.2. The van der Waals surface area contributed by atoms with Crippen LogP contribution in [0.1, 0.15) is 24.8 Å². The van der Waals surface area contributed by atoms with E-state index in [1.165, 1.54) is 5.56 Å². The van der Waals surface area contributed by atoms with Gasteiger partial charge in [-0.05, 0) is 62.4 Å². The molecular formula is C14H16Br2N2O. The molecule has 0 bridgehead atoms. The minimum atomic E-state index is 0.158. The third-order valence-electron chi connectivity index (χ3n) is 3.51. The number of nitriles is 1. The molecule has 0 amide bonds. The first-order valence-electron chi connectivity index (χ1n) is 6.30. The first-order chi connectivity index (χ1) is 9.15. The van der Waals surface area contributed by atoms with Crippen molar-refractivity contribution < 1.29 is 4.74 Å². The molecule has 2 unspecified atom stereocenters. The molecule has 1 aliphatic rings. The molecule has 1 aromatic rings. The van der Waals surface area contributed by atoms with Crippen LogP contribution in [0.4, 0.5) is 0 Å². The molecule has 0 radical (unpaired) electrons. The number of nitrogens with one attached hydrogen (secondary N) is 1. The lowest BCUT2D eigenvalue weighted by Gasteiger charge is -2.16. The highest BCUT2D eigenvalue weighted by Crippen LogP contribution is 2.34. The zero-order valence-corrected chi connectivity index (χ0v) is 13.9. The van der Waals surface area contributed by atoms with Crippen molar-refractivity contribution in [2.45, 2.75) is 31.8 Å². The predicted octanol–water partition coefficient (Wildman–Crippen LogP) is 4.00. The Kier molecular flexibility index (Phi) is 5.26. The summed E-state index contributed by atoms with van der Waals surface area (Å²) in [5.74, 6) is 0.963. The summed E-state index contributed by atoms with van der Waals surface area (Å²) in [6.45, 7) is 0.768. The van der Waals surface area contributed by atoms with Crippen LogP contribution in [0.3, 0.4) is 0 Å². The molecule has 1 saturated carbocycles. The summed E-state index contributed by atoms with van der Waals surface area (Å²) in [5, 5.41) is 12.6.